The van der Waals surface area contributed by atoms with Gasteiger partial charge in [-0.2, -0.15) is 0 Å². The normalized spacial score (nSPS) is 12.6. The predicted molar refractivity (Wildman–Crippen MR) is 46.6 cm³/mol. The van der Waals surface area contributed by atoms with Crippen LogP contribution < -0.4 is 34.9 Å². The monoisotopic (exact) mass is 215 g/mol. The molecule has 0 saturated heterocycles. The van der Waals surface area contributed by atoms with Crippen LogP contribution in [0.4, 0.5) is 0 Å². The largest absolute Gasteiger partial charge is 1.00 e. The van der Waals surface area contributed by atoms with E-state index in [4.69, 9.17) is 0 Å². The molecule has 0 aromatic carbocycles. The molecule has 1 N–H and O–H groups in total. The molecule has 0 aliphatic carbocycles. The number of nitrogens with one attached hydrogen (secondary N) is 1. The Balaban J connectivity index is 0. The number of allylic oxidation sites excluding steroid dienone is 1. The van der Waals surface area contributed by atoms with Crippen molar-refractivity contribution in [2.24, 2.45) is 0 Å². The molecule has 0 aromatic rings. The zero-order valence-electron chi connectivity index (χ0n) is 8.49. The first-order chi connectivity index (χ1) is 5.27. The average molecular weight is 215 g/mol. The van der Waals surface area contributed by atoms with Crippen LogP contribution in [0.5, 0.6) is 0 Å². The summed E-state index contributed by atoms with van der Waals surface area (Å²) in [7, 11) is -4.16. The fourth-order valence-electron chi connectivity index (χ4n) is 0.793. The molecule has 0 radical (unpaired) electrons. The van der Waals surface area contributed by atoms with Crippen molar-refractivity contribution in [1.82, 2.24) is 5.32 Å². The summed E-state index contributed by atoms with van der Waals surface area (Å²) >= 11 is 0. The van der Waals surface area contributed by atoms with Gasteiger partial charge >= 0.3 is 29.6 Å². The summed E-state index contributed by atoms with van der Waals surface area (Å²) in [6, 6.07) is 0. The standard InChI is InChI=1S/C7H15NO3S.Na/c1-4-5-8-7(2,3)6-12(9,10)11;/h4-5,8H,6H2,1-3H3,(H,9,10,11);/q;+1/p-1. The van der Waals surface area contributed by atoms with E-state index >= 15 is 0 Å². The van der Waals surface area contributed by atoms with Gasteiger partial charge < -0.3 is 9.87 Å². The molecule has 0 fully saturated rings. The summed E-state index contributed by atoms with van der Waals surface area (Å²) in [6.45, 7) is 5.11. The second-order valence-electron chi connectivity index (χ2n) is 3.23. The van der Waals surface area contributed by atoms with Crippen molar-refractivity contribution in [2.75, 3.05) is 5.75 Å². The van der Waals surface area contributed by atoms with Gasteiger partial charge in [0.15, 0.2) is 0 Å². The SMILES string of the molecule is CC=CNC(C)(C)CS(=O)(=O)[O-].[Na+]. The molecule has 72 valence electrons. The molecule has 0 heterocycles. The second-order valence-corrected chi connectivity index (χ2v) is 4.63. The van der Waals surface area contributed by atoms with Gasteiger partial charge in [-0.1, -0.05) is 6.08 Å². The molecule has 0 amide bonds. The molecular formula is C7H14NNaO3S. The Morgan fingerprint density at radius 3 is 2.23 bits per heavy atom. The Hall–Kier alpha value is 0.450. The number of hydrogen-bond acceptors (Lipinski definition) is 4. The quantitative estimate of drug-likeness (QED) is 0.414. The van der Waals surface area contributed by atoms with Gasteiger partial charge in [0.25, 0.3) is 0 Å². The Morgan fingerprint density at radius 2 is 1.92 bits per heavy atom. The van der Waals surface area contributed by atoms with Crippen molar-refractivity contribution >= 4 is 10.1 Å². The van der Waals surface area contributed by atoms with Crippen molar-refractivity contribution in [3.05, 3.63) is 12.3 Å². The maximum atomic E-state index is 10.4. The van der Waals surface area contributed by atoms with Crippen LogP contribution in [-0.2, 0) is 10.1 Å². The van der Waals surface area contributed by atoms with Gasteiger partial charge in [-0.25, -0.2) is 8.42 Å². The van der Waals surface area contributed by atoms with Gasteiger partial charge in [-0.3, -0.25) is 0 Å². The fraction of sp³-hybridized carbons (Fsp3) is 0.714. The maximum Gasteiger partial charge on any atom is 1.00 e. The summed E-state index contributed by atoms with van der Waals surface area (Å²) in [4.78, 5) is 0. The van der Waals surface area contributed by atoms with Gasteiger partial charge in [-0.05, 0) is 27.0 Å². The topological polar surface area (TPSA) is 69.2 Å². The van der Waals surface area contributed by atoms with Gasteiger partial charge in [0.1, 0.15) is 0 Å². The van der Waals surface area contributed by atoms with Crippen LogP contribution >= 0.6 is 0 Å². The zero-order valence-corrected chi connectivity index (χ0v) is 11.3. The summed E-state index contributed by atoms with van der Waals surface area (Å²) in [5.41, 5.74) is -0.701. The van der Waals surface area contributed by atoms with E-state index in [1.54, 1.807) is 33.0 Å². The third kappa shape index (κ3) is 10.4. The summed E-state index contributed by atoms with van der Waals surface area (Å²) in [5.74, 6) is -0.412. The van der Waals surface area contributed by atoms with Crippen molar-refractivity contribution in [3.63, 3.8) is 0 Å². The van der Waals surface area contributed by atoms with E-state index in [0.29, 0.717) is 0 Å². The summed E-state index contributed by atoms with van der Waals surface area (Å²) in [6.07, 6.45) is 3.35. The van der Waals surface area contributed by atoms with Crippen LogP contribution in [0.2, 0.25) is 0 Å². The first kappa shape index (κ1) is 15.9. The zero-order chi connectivity index (χ0) is 9.83. The Kier molecular flexibility index (Phi) is 7.38. The summed E-state index contributed by atoms with van der Waals surface area (Å²) in [5, 5.41) is 2.81. The van der Waals surface area contributed by atoms with E-state index in [0.717, 1.165) is 0 Å². The maximum absolute atomic E-state index is 10.4. The molecule has 13 heavy (non-hydrogen) atoms. The smallest absolute Gasteiger partial charge is 0.748 e. The molecule has 0 rings (SSSR count). The van der Waals surface area contributed by atoms with Crippen LogP contribution in [0.15, 0.2) is 12.3 Å². The molecule has 0 saturated carbocycles. The number of rotatable bonds is 4. The molecule has 0 aliphatic heterocycles. The van der Waals surface area contributed by atoms with Gasteiger partial charge in [-0.15, -0.1) is 0 Å². The molecule has 4 nitrogen and oxygen atoms in total. The molecule has 0 aliphatic rings. The van der Waals surface area contributed by atoms with Crippen molar-refractivity contribution < 1.29 is 42.5 Å². The predicted octanol–water partition coefficient (Wildman–Crippen LogP) is -2.56. The van der Waals surface area contributed by atoms with E-state index in [2.05, 4.69) is 5.32 Å². The average Bonchev–Trinajstić information content (AvgIpc) is 1.78. The van der Waals surface area contributed by atoms with Crippen molar-refractivity contribution in [1.29, 1.82) is 0 Å². The molecule has 0 unspecified atom stereocenters. The van der Waals surface area contributed by atoms with E-state index in [-0.39, 0.29) is 29.6 Å². The van der Waals surface area contributed by atoms with E-state index in [1.807, 2.05) is 0 Å². The van der Waals surface area contributed by atoms with Gasteiger partial charge in [0, 0.05) is 5.54 Å². The minimum Gasteiger partial charge on any atom is -0.748 e. The van der Waals surface area contributed by atoms with Crippen molar-refractivity contribution in [3.8, 4) is 0 Å². The molecule has 0 spiro atoms. The van der Waals surface area contributed by atoms with Crippen LogP contribution in [0.3, 0.4) is 0 Å². The first-order valence-corrected chi connectivity index (χ1v) is 5.17. The minimum absolute atomic E-state index is 0. The fourth-order valence-corrected chi connectivity index (χ4v) is 1.76. The van der Waals surface area contributed by atoms with E-state index in [9.17, 15) is 13.0 Å². The first-order valence-electron chi connectivity index (χ1n) is 3.59. The number of hydrogen-bond donors (Lipinski definition) is 1. The Labute approximate surface area is 102 Å². The van der Waals surface area contributed by atoms with Crippen LogP contribution in [0.25, 0.3) is 0 Å². The van der Waals surface area contributed by atoms with Crippen LogP contribution in [-0.4, -0.2) is 24.3 Å². The van der Waals surface area contributed by atoms with E-state index < -0.39 is 21.4 Å². The van der Waals surface area contributed by atoms with E-state index in [1.165, 1.54) is 0 Å². The molecule has 6 heteroatoms. The van der Waals surface area contributed by atoms with Gasteiger partial charge in [0.2, 0.25) is 0 Å². The van der Waals surface area contributed by atoms with Gasteiger partial charge in [0.05, 0.1) is 15.9 Å². The summed E-state index contributed by atoms with van der Waals surface area (Å²) < 4.78 is 31.2. The molecule has 0 aromatic heterocycles. The van der Waals surface area contributed by atoms with Crippen molar-refractivity contribution in [2.45, 2.75) is 26.3 Å². The third-order valence-corrected chi connectivity index (χ3v) is 2.25. The second kappa shape index (κ2) is 6.03. The molecular weight excluding hydrogens is 201 g/mol. The van der Waals surface area contributed by atoms with Crippen LogP contribution in [0.1, 0.15) is 20.8 Å². The molecule has 0 atom stereocenters. The minimum atomic E-state index is -4.16. The Morgan fingerprint density at radius 1 is 1.46 bits per heavy atom. The third-order valence-electron chi connectivity index (χ3n) is 1.18. The Bertz CT molecular complexity index is 259. The molecule has 0 bridgehead atoms. The van der Waals surface area contributed by atoms with Crippen LogP contribution in [0, 0.1) is 0 Å².